The molecule has 0 aliphatic rings. The van der Waals surface area contributed by atoms with Crippen LogP contribution in [0.1, 0.15) is 30.9 Å². The summed E-state index contributed by atoms with van der Waals surface area (Å²) in [5, 5.41) is 6.80. The molecule has 0 saturated carbocycles. The maximum Gasteiger partial charge on any atom is 0.191 e. The minimum absolute atomic E-state index is 0. The van der Waals surface area contributed by atoms with Gasteiger partial charge in [0.05, 0.1) is 0 Å². The maximum atomic E-state index is 5.71. The number of benzene rings is 1. The molecule has 6 heteroatoms. The van der Waals surface area contributed by atoms with Crippen LogP contribution in [0, 0.1) is 5.92 Å². The molecule has 1 unspecified atom stereocenters. The number of pyridine rings is 1. The van der Waals surface area contributed by atoms with Crippen LogP contribution in [0.2, 0.25) is 0 Å². The maximum absolute atomic E-state index is 5.71. The number of ether oxygens (including phenoxy) is 1. The zero-order valence-electron chi connectivity index (χ0n) is 16.9. The van der Waals surface area contributed by atoms with E-state index in [1.807, 2.05) is 36.5 Å². The third-order valence-electron chi connectivity index (χ3n) is 4.41. The number of halogens is 1. The molecule has 0 amide bonds. The van der Waals surface area contributed by atoms with Crippen LogP contribution in [-0.2, 0) is 6.54 Å². The predicted molar refractivity (Wildman–Crippen MR) is 128 cm³/mol. The van der Waals surface area contributed by atoms with Crippen LogP contribution in [0.15, 0.2) is 66.4 Å². The van der Waals surface area contributed by atoms with E-state index in [9.17, 15) is 0 Å². The van der Waals surface area contributed by atoms with Gasteiger partial charge in [-0.3, -0.25) is 9.98 Å². The van der Waals surface area contributed by atoms with Gasteiger partial charge in [0.25, 0.3) is 0 Å². The quantitative estimate of drug-likeness (QED) is 0.235. The smallest absolute Gasteiger partial charge is 0.191 e. The Labute approximate surface area is 185 Å². The molecule has 0 aliphatic carbocycles. The van der Waals surface area contributed by atoms with Gasteiger partial charge in [-0.2, -0.15) is 0 Å². The Morgan fingerprint density at radius 2 is 2.00 bits per heavy atom. The van der Waals surface area contributed by atoms with Crippen molar-refractivity contribution in [2.45, 2.75) is 26.3 Å². The molecule has 1 heterocycles. The van der Waals surface area contributed by atoms with Crippen molar-refractivity contribution in [3.8, 4) is 5.75 Å². The fraction of sp³-hybridized carbons (Fsp3) is 0.364. The highest BCUT2D eigenvalue weighted by atomic mass is 127. The van der Waals surface area contributed by atoms with Crippen molar-refractivity contribution in [2.75, 3.05) is 20.2 Å². The largest absolute Gasteiger partial charge is 0.489 e. The molecule has 1 aromatic heterocycles. The highest BCUT2D eigenvalue weighted by Gasteiger charge is 2.16. The van der Waals surface area contributed by atoms with Crippen molar-refractivity contribution in [1.29, 1.82) is 0 Å². The minimum atomic E-state index is 0. The van der Waals surface area contributed by atoms with E-state index in [-0.39, 0.29) is 24.0 Å². The molecular formula is C22H31IN4O. The Hall–Kier alpha value is -2.09. The SMILES string of the molecule is C=CCOc1ccccc1CNC(=NC)NCC(c1cccnc1)C(C)C.I. The van der Waals surface area contributed by atoms with Crippen molar-refractivity contribution < 1.29 is 4.74 Å². The number of hydrogen-bond acceptors (Lipinski definition) is 3. The van der Waals surface area contributed by atoms with E-state index < -0.39 is 0 Å². The van der Waals surface area contributed by atoms with Crippen LogP contribution in [0.4, 0.5) is 0 Å². The number of hydrogen-bond donors (Lipinski definition) is 2. The average molecular weight is 494 g/mol. The van der Waals surface area contributed by atoms with Gasteiger partial charge in [0.15, 0.2) is 5.96 Å². The van der Waals surface area contributed by atoms with Gasteiger partial charge in [-0.1, -0.05) is 50.8 Å². The number of rotatable bonds is 9. The Morgan fingerprint density at radius 3 is 2.64 bits per heavy atom. The van der Waals surface area contributed by atoms with Crippen LogP contribution < -0.4 is 15.4 Å². The summed E-state index contributed by atoms with van der Waals surface area (Å²) in [5.41, 5.74) is 2.31. The summed E-state index contributed by atoms with van der Waals surface area (Å²) in [6.45, 7) is 10.1. The van der Waals surface area contributed by atoms with Crippen LogP contribution in [-0.4, -0.2) is 31.1 Å². The molecule has 2 rings (SSSR count). The molecule has 0 bridgehead atoms. The number of nitrogens with one attached hydrogen (secondary N) is 2. The van der Waals surface area contributed by atoms with E-state index in [4.69, 9.17) is 4.74 Å². The van der Waals surface area contributed by atoms with Crippen molar-refractivity contribution in [3.63, 3.8) is 0 Å². The van der Waals surface area contributed by atoms with Gasteiger partial charge >= 0.3 is 0 Å². The molecule has 2 aromatic rings. The molecular weight excluding hydrogens is 463 g/mol. The number of nitrogens with zero attached hydrogens (tertiary/aromatic N) is 2. The molecule has 0 fully saturated rings. The van der Waals surface area contributed by atoms with E-state index in [1.54, 1.807) is 19.3 Å². The standard InChI is InChI=1S/C22H30N4O.HI/c1-5-13-27-21-11-7-6-9-19(21)15-25-22(23-4)26-16-20(17(2)3)18-10-8-12-24-14-18;/h5-12,14,17,20H,1,13,15-16H2,2-4H3,(H2,23,25,26);1H. The van der Waals surface area contributed by atoms with Crippen molar-refractivity contribution >= 4 is 29.9 Å². The lowest BCUT2D eigenvalue weighted by atomic mass is 9.89. The monoisotopic (exact) mass is 494 g/mol. The van der Waals surface area contributed by atoms with Gasteiger partial charge in [-0.15, -0.1) is 24.0 Å². The van der Waals surface area contributed by atoms with Gasteiger partial charge in [-0.05, 0) is 23.6 Å². The Morgan fingerprint density at radius 1 is 1.21 bits per heavy atom. The molecule has 1 atom stereocenters. The second kappa shape index (κ2) is 13.1. The third kappa shape index (κ3) is 7.50. The first-order valence-electron chi connectivity index (χ1n) is 9.31. The predicted octanol–water partition coefficient (Wildman–Crippen LogP) is 4.37. The fourth-order valence-corrected chi connectivity index (χ4v) is 2.88. The number of aromatic nitrogens is 1. The molecule has 0 aliphatic heterocycles. The molecule has 1 aromatic carbocycles. The van der Waals surface area contributed by atoms with Gasteiger partial charge < -0.3 is 15.4 Å². The highest BCUT2D eigenvalue weighted by Crippen LogP contribution is 2.22. The Balaban J connectivity index is 0.00000392. The average Bonchev–Trinajstić information content (AvgIpc) is 2.70. The van der Waals surface area contributed by atoms with Gasteiger partial charge in [-0.25, -0.2) is 0 Å². The zero-order chi connectivity index (χ0) is 19.5. The van der Waals surface area contributed by atoms with Crippen LogP contribution >= 0.6 is 24.0 Å². The lowest BCUT2D eigenvalue weighted by molar-refractivity contribution is 0.358. The lowest BCUT2D eigenvalue weighted by Gasteiger charge is -2.23. The Bertz CT molecular complexity index is 734. The summed E-state index contributed by atoms with van der Waals surface area (Å²) >= 11 is 0. The first kappa shape index (κ1) is 23.9. The van der Waals surface area contributed by atoms with Gasteiger partial charge in [0.1, 0.15) is 12.4 Å². The van der Waals surface area contributed by atoms with Gasteiger partial charge in [0, 0.05) is 44.0 Å². The minimum Gasteiger partial charge on any atom is -0.489 e. The number of para-hydroxylation sites is 1. The topological polar surface area (TPSA) is 58.5 Å². The normalized spacial score (nSPS) is 12.1. The second-order valence-corrected chi connectivity index (χ2v) is 6.65. The van der Waals surface area contributed by atoms with E-state index >= 15 is 0 Å². The van der Waals surface area contributed by atoms with E-state index in [0.717, 1.165) is 23.8 Å². The van der Waals surface area contributed by atoms with Crippen molar-refractivity contribution in [2.24, 2.45) is 10.9 Å². The highest BCUT2D eigenvalue weighted by molar-refractivity contribution is 14.0. The fourth-order valence-electron chi connectivity index (χ4n) is 2.88. The molecule has 0 spiro atoms. The molecule has 0 saturated heterocycles. The van der Waals surface area contributed by atoms with E-state index in [2.05, 4.69) is 47.1 Å². The number of guanidine groups is 1. The second-order valence-electron chi connectivity index (χ2n) is 6.65. The van der Waals surface area contributed by atoms with Gasteiger partial charge in [0.2, 0.25) is 0 Å². The molecule has 28 heavy (non-hydrogen) atoms. The molecule has 0 radical (unpaired) electrons. The molecule has 5 nitrogen and oxygen atoms in total. The number of aliphatic imine (C=N–C) groups is 1. The summed E-state index contributed by atoms with van der Waals surface area (Å²) in [6.07, 6.45) is 5.49. The summed E-state index contributed by atoms with van der Waals surface area (Å²) in [4.78, 5) is 8.59. The lowest BCUT2D eigenvalue weighted by Crippen LogP contribution is -2.39. The van der Waals surface area contributed by atoms with Crippen molar-refractivity contribution in [1.82, 2.24) is 15.6 Å². The summed E-state index contributed by atoms with van der Waals surface area (Å²) in [5.74, 6) is 2.48. The Kier molecular flexibility index (Phi) is 11.2. The van der Waals surface area contributed by atoms with Crippen LogP contribution in [0.5, 0.6) is 5.75 Å². The summed E-state index contributed by atoms with van der Waals surface area (Å²) < 4.78 is 5.71. The summed E-state index contributed by atoms with van der Waals surface area (Å²) in [7, 11) is 1.78. The van der Waals surface area contributed by atoms with E-state index in [0.29, 0.717) is 25.0 Å². The molecule has 152 valence electrons. The summed E-state index contributed by atoms with van der Waals surface area (Å²) in [6, 6.07) is 12.1. The first-order valence-corrected chi connectivity index (χ1v) is 9.31. The molecule has 2 N–H and O–H groups in total. The van der Waals surface area contributed by atoms with Crippen LogP contribution in [0.3, 0.4) is 0 Å². The van der Waals surface area contributed by atoms with Crippen LogP contribution in [0.25, 0.3) is 0 Å². The third-order valence-corrected chi connectivity index (χ3v) is 4.41. The van der Waals surface area contributed by atoms with E-state index in [1.165, 1.54) is 5.56 Å². The zero-order valence-corrected chi connectivity index (χ0v) is 19.2. The first-order chi connectivity index (χ1) is 13.2. The van der Waals surface area contributed by atoms with Crippen molar-refractivity contribution in [3.05, 3.63) is 72.6 Å².